The molecule has 19 heavy (non-hydrogen) atoms. The molecule has 1 aromatic carbocycles. The Balaban J connectivity index is 1.78. The van der Waals surface area contributed by atoms with Crippen molar-refractivity contribution in [1.29, 1.82) is 0 Å². The Morgan fingerprint density at radius 2 is 2.11 bits per heavy atom. The number of unbranched alkanes of at least 4 members (excludes halogenated alkanes) is 1. The van der Waals surface area contributed by atoms with Crippen molar-refractivity contribution in [3.8, 4) is 0 Å². The number of nitrogens with zero attached hydrogens (tertiary/aromatic N) is 1. The van der Waals surface area contributed by atoms with E-state index in [0.717, 1.165) is 32.4 Å². The van der Waals surface area contributed by atoms with E-state index in [4.69, 9.17) is 4.74 Å². The van der Waals surface area contributed by atoms with E-state index in [9.17, 15) is 4.79 Å². The Bertz CT molecular complexity index is 394. The van der Waals surface area contributed by atoms with E-state index < -0.39 is 0 Å². The predicted molar refractivity (Wildman–Crippen MR) is 74.8 cm³/mol. The number of nitrogens with one attached hydrogen (secondary N) is 1. The highest BCUT2D eigenvalue weighted by Gasteiger charge is 2.30. The summed E-state index contributed by atoms with van der Waals surface area (Å²) in [5, 5.41) is 3.29. The monoisotopic (exact) mass is 262 g/mol. The van der Waals surface area contributed by atoms with Crippen LogP contribution in [-0.4, -0.2) is 43.8 Å². The highest BCUT2D eigenvalue weighted by Crippen LogP contribution is 2.11. The highest BCUT2D eigenvalue weighted by atomic mass is 16.5. The predicted octanol–water partition coefficient (Wildman–Crippen LogP) is 1.41. The minimum Gasteiger partial charge on any atom is -0.385 e. The van der Waals surface area contributed by atoms with E-state index in [-0.39, 0.29) is 11.9 Å². The smallest absolute Gasteiger partial charge is 0.241 e. The second-order valence-electron chi connectivity index (χ2n) is 4.91. The summed E-state index contributed by atoms with van der Waals surface area (Å²) in [4.78, 5) is 14.1. The first-order chi connectivity index (χ1) is 9.31. The van der Waals surface area contributed by atoms with Gasteiger partial charge in [-0.05, 0) is 24.8 Å². The molecule has 1 aliphatic heterocycles. The van der Waals surface area contributed by atoms with Crippen LogP contribution in [-0.2, 0) is 16.0 Å². The molecule has 0 bridgehead atoms. The number of hydrogen-bond donors (Lipinski definition) is 1. The summed E-state index contributed by atoms with van der Waals surface area (Å²) in [6.45, 7) is 2.26. The number of carbonyl (C=O) groups excluding carboxylic acids is 1. The zero-order valence-electron chi connectivity index (χ0n) is 11.5. The third-order valence-electron chi connectivity index (χ3n) is 3.45. The number of benzene rings is 1. The van der Waals surface area contributed by atoms with Crippen LogP contribution in [0.4, 0.5) is 0 Å². The normalized spacial score (nSPS) is 19.1. The van der Waals surface area contributed by atoms with Crippen LogP contribution in [0.2, 0.25) is 0 Å². The largest absolute Gasteiger partial charge is 0.385 e. The Kier molecular flexibility index (Phi) is 5.36. The van der Waals surface area contributed by atoms with Crippen molar-refractivity contribution in [2.24, 2.45) is 0 Å². The molecule has 4 heteroatoms. The topological polar surface area (TPSA) is 41.6 Å². The summed E-state index contributed by atoms with van der Waals surface area (Å²) in [6.07, 6.45) is 2.77. The summed E-state index contributed by atoms with van der Waals surface area (Å²) in [7, 11) is 1.71. The lowest BCUT2D eigenvalue weighted by Crippen LogP contribution is -2.32. The van der Waals surface area contributed by atoms with Crippen molar-refractivity contribution in [3.63, 3.8) is 0 Å². The maximum atomic E-state index is 12.2. The molecule has 1 N–H and O–H groups in total. The SMILES string of the molecule is COCCCCN1CNC(Cc2ccccc2)C1=O. The van der Waals surface area contributed by atoms with Crippen molar-refractivity contribution < 1.29 is 9.53 Å². The van der Waals surface area contributed by atoms with Crippen LogP contribution in [0.15, 0.2) is 30.3 Å². The van der Waals surface area contributed by atoms with E-state index in [1.165, 1.54) is 5.56 Å². The van der Waals surface area contributed by atoms with Crippen LogP contribution in [0.1, 0.15) is 18.4 Å². The Labute approximate surface area is 114 Å². The first kappa shape index (κ1) is 14.0. The van der Waals surface area contributed by atoms with Gasteiger partial charge >= 0.3 is 0 Å². The molecule has 0 saturated carbocycles. The van der Waals surface area contributed by atoms with Crippen LogP contribution >= 0.6 is 0 Å². The van der Waals surface area contributed by atoms with E-state index in [2.05, 4.69) is 17.4 Å². The standard InChI is InChI=1S/C15H22N2O2/c1-19-10-6-5-9-17-12-16-14(15(17)18)11-13-7-3-2-4-8-13/h2-4,7-8,14,16H,5-6,9-12H2,1H3. The van der Waals surface area contributed by atoms with Crippen molar-refractivity contribution in [2.45, 2.75) is 25.3 Å². The van der Waals surface area contributed by atoms with Gasteiger partial charge < -0.3 is 9.64 Å². The molecular weight excluding hydrogens is 240 g/mol. The van der Waals surface area contributed by atoms with E-state index in [1.807, 2.05) is 23.1 Å². The van der Waals surface area contributed by atoms with Gasteiger partial charge in [-0.15, -0.1) is 0 Å². The quantitative estimate of drug-likeness (QED) is 0.756. The molecule has 2 rings (SSSR count). The number of carbonyl (C=O) groups is 1. The van der Waals surface area contributed by atoms with Crippen LogP contribution < -0.4 is 5.32 Å². The summed E-state index contributed by atoms with van der Waals surface area (Å²) < 4.78 is 5.01. The zero-order chi connectivity index (χ0) is 13.5. The molecule has 1 aliphatic rings. The lowest BCUT2D eigenvalue weighted by Gasteiger charge is -2.15. The minimum atomic E-state index is -0.0650. The van der Waals surface area contributed by atoms with Crippen molar-refractivity contribution in [3.05, 3.63) is 35.9 Å². The molecular formula is C15H22N2O2. The van der Waals surface area contributed by atoms with E-state index in [1.54, 1.807) is 7.11 Å². The molecule has 1 amide bonds. The number of rotatable bonds is 7. The molecule has 1 heterocycles. The molecule has 1 atom stereocenters. The average molecular weight is 262 g/mol. The molecule has 4 nitrogen and oxygen atoms in total. The maximum absolute atomic E-state index is 12.2. The summed E-state index contributed by atoms with van der Waals surface area (Å²) in [5.74, 6) is 0.223. The number of ether oxygens (including phenoxy) is 1. The van der Waals surface area contributed by atoms with Gasteiger partial charge in [-0.25, -0.2) is 0 Å². The van der Waals surface area contributed by atoms with E-state index in [0.29, 0.717) is 6.67 Å². The Hall–Kier alpha value is -1.39. The minimum absolute atomic E-state index is 0.0650. The number of methoxy groups -OCH3 is 1. The first-order valence-electron chi connectivity index (χ1n) is 6.86. The van der Waals surface area contributed by atoms with Crippen LogP contribution in [0, 0.1) is 0 Å². The van der Waals surface area contributed by atoms with Gasteiger partial charge in [-0.1, -0.05) is 30.3 Å². The molecule has 0 aromatic heterocycles. The van der Waals surface area contributed by atoms with Gasteiger partial charge in [-0.3, -0.25) is 10.1 Å². The van der Waals surface area contributed by atoms with Gasteiger partial charge in [0.1, 0.15) is 0 Å². The van der Waals surface area contributed by atoms with Crippen molar-refractivity contribution in [2.75, 3.05) is 26.9 Å². The third-order valence-corrected chi connectivity index (χ3v) is 3.45. The van der Waals surface area contributed by atoms with Gasteiger partial charge in [-0.2, -0.15) is 0 Å². The maximum Gasteiger partial charge on any atom is 0.241 e. The van der Waals surface area contributed by atoms with Crippen molar-refractivity contribution >= 4 is 5.91 Å². The second-order valence-corrected chi connectivity index (χ2v) is 4.91. The van der Waals surface area contributed by atoms with Gasteiger partial charge in [0, 0.05) is 20.3 Å². The fourth-order valence-corrected chi connectivity index (χ4v) is 2.35. The van der Waals surface area contributed by atoms with E-state index >= 15 is 0 Å². The van der Waals surface area contributed by atoms with Crippen molar-refractivity contribution in [1.82, 2.24) is 10.2 Å². The van der Waals surface area contributed by atoms with Crippen LogP contribution in [0.3, 0.4) is 0 Å². The molecule has 1 aromatic rings. The molecule has 1 saturated heterocycles. The number of hydrogen-bond acceptors (Lipinski definition) is 3. The third kappa shape index (κ3) is 4.04. The molecule has 1 fully saturated rings. The summed E-state index contributed by atoms with van der Waals surface area (Å²) in [6, 6.07) is 10.1. The molecule has 0 spiro atoms. The number of amides is 1. The lowest BCUT2D eigenvalue weighted by atomic mass is 10.1. The zero-order valence-corrected chi connectivity index (χ0v) is 11.5. The molecule has 1 unspecified atom stereocenters. The Morgan fingerprint density at radius 1 is 1.32 bits per heavy atom. The summed E-state index contributed by atoms with van der Waals surface area (Å²) in [5.41, 5.74) is 1.20. The Morgan fingerprint density at radius 3 is 2.84 bits per heavy atom. The first-order valence-corrected chi connectivity index (χ1v) is 6.86. The fourth-order valence-electron chi connectivity index (χ4n) is 2.35. The van der Waals surface area contributed by atoms with Gasteiger partial charge in [0.15, 0.2) is 0 Å². The molecule has 0 radical (unpaired) electrons. The average Bonchev–Trinajstić information content (AvgIpc) is 2.78. The van der Waals surface area contributed by atoms with Crippen LogP contribution in [0.25, 0.3) is 0 Å². The molecule has 104 valence electrons. The summed E-state index contributed by atoms with van der Waals surface area (Å²) >= 11 is 0. The highest BCUT2D eigenvalue weighted by molar-refractivity contribution is 5.84. The van der Waals surface area contributed by atoms with Gasteiger partial charge in [0.05, 0.1) is 12.7 Å². The van der Waals surface area contributed by atoms with Gasteiger partial charge in [0.25, 0.3) is 0 Å². The van der Waals surface area contributed by atoms with Gasteiger partial charge in [0.2, 0.25) is 5.91 Å². The molecule has 0 aliphatic carbocycles. The lowest BCUT2D eigenvalue weighted by molar-refractivity contribution is -0.128. The fraction of sp³-hybridized carbons (Fsp3) is 0.533. The second kappa shape index (κ2) is 7.26. The van der Waals surface area contributed by atoms with Crippen LogP contribution in [0.5, 0.6) is 0 Å².